The number of aromatic nitrogens is 2. The van der Waals surface area contributed by atoms with Crippen LogP contribution in [-0.2, 0) is 17.8 Å². The van der Waals surface area contributed by atoms with E-state index in [1.165, 1.54) is 5.56 Å². The van der Waals surface area contributed by atoms with Crippen LogP contribution in [-0.4, -0.2) is 77.1 Å². The van der Waals surface area contributed by atoms with E-state index in [0.29, 0.717) is 25.6 Å². The molecule has 8 heteroatoms. The second kappa shape index (κ2) is 11.3. The van der Waals surface area contributed by atoms with Gasteiger partial charge in [0, 0.05) is 51.7 Å². The van der Waals surface area contributed by atoms with Gasteiger partial charge in [0.15, 0.2) is 5.96 Å². The Balaban J connectivity index is 1.56. The lowest BCUT2D eigenvalue weighted by molar-refractivity contribution is -0.0201. The van der Waals surface area contributed by atoms with Crippen molar-refractivity contribution in [2.45, 2.75) is 39.5 Å². The standard InChI is InChI=1S/C23H36N6O2/c1-4-24-22(27-17-23(3,30)18-28-10-12-31-13-11-28)26-15-20-6-5-7-21(14-20)16-29-9-8-25-19(29)2/h5-9,14,30H,4,10-13,15-18H2,1-3H3,(H2,24,26,27). The number of guanidine groups is 1. The first-order valence-corrected chi connectivity index (χ1v) is 11.1. The lowest BCUT2D eigenvalue weighted by Crippen LogP contribution is -2.52. The summed E-state index contributed by atoms with van der Waals surface area (Å²) in [6, 6.07) is 8.46. The summed E-state index contributed by atoms with van der Waals surface area (Å²) in [6.45, 7) is 12.3. The smallest absolute Gasteiger partial charge is 0.191 e. The molecular formula is C23H36N6O2. The minimum Gasteiger partial charge on any atom is -0.387 e. The molecule has 1 fully saturated rings. The van der Waals surface area contributed by atoms with Crippen LogP contribution in [0.15, 0.2) is 41.7 Å². The van der Waals surface area contributed by atoms with E-state index in [4.69, 9.17) is 9.73 Å². The number of ether oxygens (including phenoxy) is 1. The molecule has 0 saturated carbocycles. The molecule has 1 atom stereocenters. The second-order valence-electron chi connectivity index (χ2n) is 8.36. The summed E-state index contributed by atoms with van der Waals surface area (Å²) in [5.74, 6) is 1.71. The molecule has 0 aliphatic carbocycles. The van der Waals surface area contributed by atoms with Gasteiger partial charge < -0.3 is 25.0 Å². The number of hydrogen-bond donors (Lipinski definition) is 3. The first-order valence-electron chi connectivity index (χ1n) is 11.1. The molecule has 1 saturated heterocycles. The third-order valence-corrected chi connectivity index (χ3v) is 5.34. The van der Waals surface area contributed by atoms with Crippen LogP contribution in [0.25, 0.3) is 0 Å². The highest BCUT2D eigenvalue weighted by atomic mass is 16.5. The molecule has 1 aromatic heterocycles. The van der Waals surface area contributed by atoms with Crippen LogP contribution in [0.5, 0.6) is 0 Å². The van der Waals surface area contributed by atoms with Crippen molar-refractivity contribution in [3.8, 4) is 0 Å². The zero-order chi connectivity index (χ0) is 22.1. The van der Waals surface area contributed by atoms with Crippen LogP contribution in [0.1, 0.15) is 30.8 Å². The fourth-order valence-corrected chi connectivity index (χ4v) is 3.68. The molecule has 8 nitrogen and oxygen atoms in total. The van der Waals surface area contributed by atoms with Gasteiger partial charge in [0.05, 0.1) is 25.4 Å². The van der Waals surface area contributed by atoms with E-state index < -0.39 is 5.60 Å². The molecule has 2 heterocycles. The Kier molecular flexibility index (Phi) is 8.45. The van der Waals surface area contributed by atoms with Crippen LogP contribution >= 0.6 is 0 Å². The molecule has 3 rings (SSSR count). The number of morpholine rings is 1. The predicted octanol–water partition coefficient (Wildman–Crippen LogP) is 1.38. The third kappa shape index (κ3) is 7.65. The molecule has 170 valence electrons. The molecule has 2 aromatic rings. The van der Waals surface area contributed by atoms with Crippen molar-refractivity contribution in [2.24, 2.45) is 4.99 Å². The van der Waals surface area contributed by atoms with E-state index in [2.05, 4.69) is 49.4 Å². The topological polar surface area (TPSA) is 86.9 Å². The van der Waals surface area contributed by atoms with Gasteiger partial charge in [-0.05, 0) is 31.9 Å². The van der Waals surface area contributed by atoms with E-state index in [-0.39, 0.29) is 0 Å². The number of benzene rings is 1. The summed E-state index contributed by atoms with van der Waals surface area (Å²) in [4.78, 5) is 11.2. The number of nitrogens with one attached hydrogen (secondary N) is 2. The highest BCUT2D eigenvalue weighted by molar-refractivity contribution is 5.79. The maximum absolute atomic E-state index is 10.8. The second-order valence-corrected chi connectivity index (χ2v) is 8.36. The Hall–Kier alpha value is -2.42. The number of rotatable bonds is 9. The number of aryl methyl sites for hydroxylation is 1. The SMILES string of the molecule is CCNC(=NCc1cccc(Cn2ccnc2C)c1)NCC(C)(O)CN1CCOCC1. The van der Waals surface area contributed by atoms with Crippen molar-refractivity contribution in [2.75, 3.05) is 45.9 Å². The fraction of sp³-hybridized carbons (Fsp3) is 0.565. The van der Waals surface area contributed by atoms with Gasteiger partial charge in [0.1, 0.15) is 5.82 Å². The van der Waals surface area contributed by atoms with Crippen molar-refractivity contribution in [3.05, 3.63) is 53.6 Å². The molecule has 3 N–H and O–H groups in total. The number of nitrogens with zero attached hydrogens (tertiary/aromatic N) is 4. The first kappa shape index (κ1) is 23.2. The van der Waals surface area contributed by atoms with Gasteiger partial charge in [-0.1, -0.05) is 24.3 Å². The number of aliphatic hydroxyl groups is 1. The summed E-state index contributed by atoms with van der Waals surface area (Å²) >= 11 is 0. The summed E-state index contributed by atoms with van der Waals surface area (Å²) in [5, 5.41) is 17.4. The van der Waals surface area contributed by atoms with Crippen LogP contribution < -0.4 is 10.6 Å². The summed E-state index contributed by atoms with van der Waals surface area (Å²) in [6.07, 6.45) is 3.82. The molecule has 31 heavy (non-hydrogen) atoms. The quantitative estimate of drug-likeness (QED) is 0.413. The average Bonchev–Trinajstić information content (AvgIpc) is 3.15. The number of hydrogen-bond acceptors (Lipinski definition) is 5. The average molecular weight is 429 g/mol. The van der Waals surface area contributed by atoms with Crippen molar-refractivity contribution < 1.29 is 9.84 Å². The molecule has 0 bridgehead atoms. The number of β-amino-alcohol motifs (C(OH)–C–C–N with tert-alkyl or cyclic N) is 1. The molecule has 0 spiro atoms. The highest BCUT2D eigenvalue weighted by Gasteiger charge is 2.25. The Labute approximate surface area is 185 Å². The Morgan fingerprint density at radius 1 is 1.26 bits per heavy atom. The van der Waals surface area contributed by atoms with Gasteiger partial charge in [-0.25, -0.2) is 9.98 Å². The maximum Gasteiger partial charge on any atom is 0.191 e. The molecule has 1 aromatic carbocycles. The van der Waals surface area contributed by atoms with E-state index in [1.54, 1.807) is 0 Å². The third-order valence-electron chi connectivity index (χ3n) is 5.34. The van der Waals surface area contributed by atoms with Gasteiger partial charge in [-0.3, -0.25) is 4.90 Å². The molecule has 1 unspecified atom stereocenters. The molecular weight excluding hydrogens is 392 g/mol. The highest BCUT2D eigenvalue weighted by Crippen LogP contribution is 2.10. The maximum atomic E-state index is 10.8. The van der Waals surface area contributed by atoms with Crippen molar-refractivity contribution in [3.63, 3.8) is 0 Å². The van der Waals surface area contributed by atoms with Gasteiger partial charge in [0.25, 0.3) is 0 Å². The lowest BCUT2D eigenvalue weighted by Gasteiger charge is -2.34. The molecule has 1 aliphatic rings. The number of aliphatic imine (C=N–C) groups is 1. The van der Waals surface area contributed by atoms with Crippen LogP contribution in [0.2, 0.25) is 0 Å². The molecule has 1 aliphatic heterocycles. The Morgan fingerprint density at radius 3 is 2.74 bits per heavy atom. The zero-order valence-corrected chi connectivity index (χ0v) is 19.0. The lowest BCUT2D eigenvalue weighted by atomic mass is 10.1. The van der Waals surface area contributed by atoms with Gasteiger partial charge >= 0.3 is 0 Å². The van der Waals surface area contributed by atoms with E-state index in [1.807, 2.05) is 33.2 Å². The van der Waals surface area contributed by atoms with Crippen molar-refractivity contribution >= 4 is 5.96 Å². The van der Waals surface area contributed by atoms with Gasteiger partial charge in [0.2, 0.25) is 0 Å². The van der Waals surface area contributed by atoms with Crippen LogP contribution in [0, 0.1) is 6.92 Å². The Bertz CT molecular complexity index is 842. The largest absolute Gasteiger partial charge is 0.387 e. The summed E-state index contributed by atoms with van der Waals surface area (Å²) in [7, 11) is 0. The summed E-state index contributed by atoms with van der Waals surface area (Å²) in [5.41, 5.74) is 1.52. The van der Waals surface area contributed by atoms with Crippen LogP contribution in [0.3, 0.4) is 0 Å². The van der Waals surface area contributed by atoms with E-state index >= 15 is 0 Å². The molecule has 0 amide bonds. The number of imidazole rings is 1. The molecule has 0 radical (unpaired) electrons. The van der Waals surface area contributed by atoms with E-state index in [0.717, 1.165) is 50.8 Å². The van der Waals surface area contributed by atoms with Crippen molar-refractivity contribution in [1.29, 1.82) is 0 Å². The minimum absolute atomic E-state index is 0.427. The van der Waals surface area contributed by atoms with Gasteiger partial charge in [-0.2, -0.15) is 0 Å². The van der Waals surface area contributed by atoms with Crippen LogP contribution in [0.4, 0.5) is 0 Å². The Morgan fingerprint density at radius 2 is 2.03 bits per heavy atom. The zero-order valence-electron chi connectivity index (χ0n) is 19.0. The first-order chi connectivity index (χ1) is 14.9. The van der Waals surface area contributed by atoms with E-state index in [9.17, 15) is 5.11 Å². The predicted molar refractivity (Wildman–Crippen MR) is 123 cm³/mol. The van der Waals surface area contributed by atoms with Crippen molar-refractivity contribution in [1.82, 2.24) is 25.1 Å². The minimum atomic E-state index is -0.851. The summed E-state index contributed by atoms with van der Waals surface area (Å²) < 4.78 is 7.52. The monoisotopic (exact) mass is 428 g/mol. The van der Waals surface area contributed by atoms with Gasteiger partial charge in [-0.15, -0.1) is 0 Å². The normalized spacial score (nSPS) is 17.4. The fourth-order valence-electron chi connectivity index (χ4n) is 3.68.